The molecule has 2 aromatic heterocycles. The van der Waals surface area contributed by atoms with Crippen LogP contribution < -0.4 is 5.32 Å². The molecule has 0 spiro atoms. The van der Waals surface area contributed by atoms with E-state index >= 15 is 0 Å². The Morgan fingerprint density at radius 1 is 1.10 bits per heavy atom. The second-order valence-corrected chi connectivity index (χ2v) is 6.33. The van der Waals surface area contributed by atoms with Gasteiger partial charge in [0.15, 0.2) is 0 Å². The second-order valence-electron chi connectivity index (χ2n) is 6.33. The summed E-state index contributed by atoms with van der Waals surface area (Å²) in [6, 6.07) is 12.9. The number of likely N-dealkylation sites (N-methyl/N-ethyl adjacent to an activating group) is 1. The molecule has 0 aliphatic rings. The standard InChI is InChI=1S/C21H24N4O3.3ClH/c1-3-24(4-2)14-13-22-20-15-16(23-19-8-6-5-7-18(19)20)9-10-17-11-12-21(28-17)25(26)27;;;/h5-12,15H,3-4,13-14H2,1-2H3,(H,22,23);3*1H/b10-9+;;;. The number of anilines is 1. The van der Waals surface area contributed by atoms with Gasteiger partial charge in [-0.2, -0.15) is 0 Å². The lowest BCUT2D eigenvalue weighted by atomic mass is 10.1. The highest BCUT2D eigenvalue weighted by Crippen LogP contribution is 2.24. The van der Waals surface area contributed by atoms with Gasteiger partial charge in [-0.3, -0.25) is 10.1 Å². The van der Waals surface area contributed by atoms with Crippen molar-refractivity contribution in [1.82, 2.24) is 9.88 Å². The molecule has 3 rings (SSSR count). The number of halogens is 3. The maximum absolute atomic E-state index is 10.7. The van der Waals surface area contributed by atoms with Crippen molar-refractivity contribution in [3.05, 3.63) is 64.0 Å². The molecule has 0 aliphatic carbocycles. The summed E-state index contributed by atoms with van der Waals surface area (Å²) in [6.45, 7) is 8.17. The summed E-state index contributed by atoms with van der Waals surface area (Å²) in [5.74, 6) is 0.141. The zero-order chi connectivity index (χ0) is 19.9. The maximum atomic E-state index is 10.7. The third-order valence-electron chi connectivity index (χ3n) is 4.58. The van der Waals surface area contributed by atoms with E-state index in [-0.39, 0.29) is 43.1 Å². The Bertz CT molecular complexity index is 991. The van der Waals surface area contributed by atoms with E-state index in [2.05, 4.69) is 29.0 Å². The van der Waals surface area contributed by atoms with E-state index in [0.717, 1.165) is 48.5 Å². The van der Waals surface area contributed by atoms with Crippen LogP contribution in [-0.2, 0) is 0 Å². The molecule has 2 heterocycles. The van der Waals surface area contributed by atoms with Crippen molar-refractivity contribution in [2.24, 2.45) is 0 Å². The summed E-state index contributed by atoms with van der Waals surface area (Å²) in [6.07, 6.45) is 3.48. The van der Waals surface area contributed by atoms with Crippen LogP contribution in [0.2, 0.25) is 0 Å². The van der Waals surface area contributed by atoms with E-state index in [0.29, 0.717) is 5.76 Å². The molecule has 0 radical (unpaired) electrons. The lowest BCUT2D eigenvalue weighted by molar-refractivity contribution is -0.402. The first-order valence-electron chi connectivity index (χ1n) is 9.39. The van der Waals surface area contributed by atoms with Crippen molar-refractivity contribution >= 4 is 71.8 Å². The minimum atomic E-state index is -0.552. The molecule has 0 saturated carbocycles. The molecule has 0 unspecified atom stereocenters. The van der Waals surface area contributed by atoms with Crippen LogP contribution in [0.25, 0.3) is 23.1 Å². The first-order valence-corrected chi connectivity index (χ1v) is 9.39. The van der Waals surface area contributed by atoms with E-state index in [4.69, 9.17) is 4.42 Å². The van der Waals surface area contributed by atoms with Crippen LogP contribution in [-0.4, -0.2) is 41.0 Å². The van der Waals surface area contributed by atoms with Gasteiger partial charge < -0.3 is 14.6 Å². The quantitative estimate of drug-likeness (QED) is 0.296. The van der Waals surface area contributed by atoms with E-state index in [1.54, 1.807) is 18.2 Å². The molecule has 0 bridgehead atoms. The molecule has 170 valence electrons. The minimum absolute atomic E-state index is 0. The van der Waals surface area contributed by atoms with Gasteiger partial charge in [0.1, 0.15) is 10.7 Å². The average molecular weight is 490 g/mol. The molecule has 0 saturated heterocycles. The van der Waals surface area contributed by atoms with Crippen LogP contribution in [0.1, 0.15) is 25.3 Å². The van der Waals surface area contributed by atoms with Crippen LogP contribution in [0.4, 0.5) is 11.6 Å². The number of rotatable bonds is 9. The largest absolute Gasteiger partial charge is 0.433 e. The number of hydrogen-bond donors (Lipinski definition) is 1. The Kier molecular flexibility index (Phi) is 12.8. The summed E-state index contributed by atoms with van der Waals surface area (Å²) in [7, 11) is 0. The Morgan fingerprint density at radius 2 is 1.81 bits per heavy atom. The number of aromatic nitrogens is 1. The number of nitrogens with zero attached hydrogens (tertiary/aromatic N) is 3. The Labute approximate surface area is 200 Å². The van der Waals surface area contributed by atoms with E-state index in [1.165, 1.54) is 6.07 Å². The molecular formula is C21H27Cl3N4O3. The lowest BCUT2D eigenvalue weighted by Gasteiger charge is -2.19. The SMILES string of the molecule is CCN(CC)CCNc1cc(/C=C/c2ccc([N+](=O)[O-])o2)nc2ccccc12.Cl.Cl.Cl. The van der Waals surface area contributed by atoms with E-state index < -0.39 is 4.92 Å². The minimum Gasteiger partial charge on any atom is -0.401 e. The van der Waals surface area contributed by atoms with Crippen molar-refractivity contribution in [3.63, 3.8) is 0 Å². The number of pyridine rings is 1. The zero-order valence-corrected chi connectivity index (χ0v) is 19.8. The zero-order valence-electron chi connectivity index (χ0n) is 17.3. The Hall–Kier alpha value is -2.32. The fraction of sp³-hybridized carbons (Fsp3) is 0.286. The molecule has 3 aromatic rings. The van der Waals surface area contributed by atoms with Gasteiger partial charge in [0.25, 0.3) is 0 Å². The van der Waals surface area contributed by atoms with Crippen molar-refractivity contribution in [1.29, 1.82) is 0 Å². The first-order chi connectivity index (χ1) is 13.6. The second kappa shape index (κ2) is 13.9. The molecule has 31 heavy (non-hydrogen) atoms. The fourth-order valence-electron chi connectivity index (χ4n) is 3.01. The van der Waals surface area contributed by atoms with Crippen molar-refractivity contribution in [2.75, 3.05) is 31.5 Å². The molecular weight excluding hydrogens is 463 g/mol. The molecule has 7 nitrogen and oxygen atoms in total. The molecule has 1 aromatic carbocycles. The summed E-state index contributed by atoms with van der Waals surface area (Å²) in [5.41, 5.74) is 2.66. The van der Waals surface area contributed by atoms with Gasteiger partial charge in [-0.25, -0.2) is 4.98 Å². The van der Waals surface area contributed by atoms with Crippen LogP contribution in [0.5, 0.6) is 0 Å². The number of benzene rings is 1. The molecule has 0 aliphatic heterocycles. The number of nitro groups is 1. The number of fused-ring (bicyclic) bond motifs is 1. The van der Waals surface area contributed by atoms with Crippen molar-refractivity contribution < 1.29 is 9.34 Å². The van der Waals surface area contributed by atoms with Crippen LogP contribution in [0.3, 0.4) is 0 Å². The van der Waals surface area contributed by atoms with Crippen molar-refractivity contribution in [3.8, 4) is 0 Å². The maximum Gasteiger partial charge on any atom is 0.433 e. The summed E-state index contributed by atoms with van der Waals surface area (Å²) in [5, 5.41) is 15.3. The monoisotopic (exact) mass is 488 g/mol. The molecule has 10 heteroatoms. The lowest BCUT2D eigenvalue weighted by Crippen LogP contribution is -2.28. The summed E-state index contributed by atoms with van der Waals surface area (Å²) < 4.78 is 5.17. The topological polar surface area (TPSA) is 84.4 Å². The van der Waals surface area contributed by atoms with Gasteiger partial charge in [-0.05, 0) is 43.4 Å². The van der Waals surface area contributed by atoms with Gasteiger partial charge in [0.05, 0.1) is 17.3 Å². The van der Waals surface area contributed by atoms with Gasteiger partial charge in [-0.15, -0.1) is 37.2 Å². The van der Waals surface area contributed by atoms with Crippen LogP contribution >= 0.6 is 37.2 Å². The highest BCUT2D eigenvalue weighted by molar-refractivity contribution is 5.92. The van der Waals surface area contributed by atoms with Gasteiger partial charge in [0.2, 0.25) is 0 Å². The van der Waals surface area contributed by atoms with E-state index in [9.17, 15) is 10.1 Å². The van der Waals surface area contributed by atoms with E-state index in [1.807, 2.05) is 30.3 Å². The first kappa shape index (κ1) is 28.7. The van der Waals surface area contributed by atoms with Gasteiger partial charge >= 0.3 is 5.88 Å². The number of para-hydroxylation sites is 1. The van der Waals surface area contributed by atoms with Gasteiger partial charge in [0, 0.05) is 24.2 Å². The predicted molar refractivity (Wildman–Crippen MR) is 134 cm³/mol. The van der Waals surface area contributed by atoms with Crippen molar-refractivity contribution in [2.45, 2.75) is 13.8 Å². The Morgan fingerprint density at radius 3 is 2.45 bits per heavy atom. The molecule has 0 atom stereocenters. The van der Waals surface area contributed by atoms with Crippen LogP contribution in [0.15, 0.2) is 46.9 Å². The number of hydrogen-bond acceptors (Lipinski definition) is 6. The number of nitrogens with one attached hydrogen (secondary N) is 1. The predicted octanol–water partition coefficient (Wildman–Crippen LogP) is 5.93. The highest BCUT2D eigenvalue weighted by atomic mass is 35.5. The fourth-order valence-corrected chi connectivity index (χ4v) is 3.01. The molecule has 0 amide bonds. The van der Waals surface area contributed by atoms with Gasteiger partial charge in [-0.1, -0.05) is 32.0 Å². The summed E-state index contributed by atoms with van der Waals surface area (Å²) in [4.78, 5) is 17.2. The van der Waals surface area contributed by atoms with Crippen LogP contribution in [0, 0.1) is 10.1 Å². The normalized spacial score (nSPS) is 10.4. The summed E-state index contributed by atoms with van der Waals surface area (Å²) >= 11 is 0. The molecule has 0 fully saturated rings. The average Bonchev–Trinajstić information content (AvgIpc) is 3.19. The molecule has 1 N–H and O–H groups in total. The highest BCUT2D eigenvalue weighted by Gasteiger charge is 2.10. The number of furan rings is 1. The smallest absolute Gasteiger partial charge is 0.401 e. The third-order valence-corrected chi connectivity index (χ3v) is 4.58. The Balaban J connectivity index is 0.00000300. The third kappa shape index (κ3) is 7.70.